The number of anilines is 1. The van der Waals surface area contributed by atoms with Crippen LogP contribution in [0.15, 0.2) is 36.4 Å². The molecule has 6 heteroatoms. The summed E-state index contributed by atoms with van der Waals surface area (Å²) in [5.41, 5.74) is 3.44. The van der Waals surface area contributed by atoms with Crippen LogP contribution in [0.1, 0.15) is 16.7 Å². The Hall–Kier alpha value is -1.23. The van der Waals surface area contributed by atoms with Crippen LogP contribution in [0.4, 0.5) is 5.69 Å². The van der Waals surface area contributed by atoms with Crippen molar-refractivity contribution in [2.75, 3.05) is 10.6 Å². The number of hydrogen-bond donors (Lipinski definition) is 0. The minimum atomic E-state index is -3.42. The molecule has 0 aliphatic carbocycles. The summed E-state index contributed by atoms with van der Waals surface area (Å²) in [5.74, 6) is 0. The fraction of sp³-hybridized carbons (Fsp3) is 0.250. The highest BCUT2D eigenvalue weighted by molar-refractivity contribution is 7.92. The summed E-state index contributed by atoms with van der Waals surface area (Å²) in [6.45, 7) is 4.08. The molecule has 0 unspecified atom stereocenters. The van der Waals surface area contributed by atoms with Crippen LogP contribution in [0.3, 0.4) is 0 Å². The molecule has 0 aliphatic rings. The van der Waals surface area contributed by atoms with Gasteiger partial charge in [-0.25, -0.2) is 8.42 Å². The first-order valence-electron chi connectivity index (χ1n) is 6.67. The smallest absolute Gasteiger partial charge is 0.232 e. The van der Waals surface area contributed by atoms with E-state index in [0.717, 1.165) is 16.7 Å². The standard InChI is InChI=1S/C16H17Cl2NO2S/c1-11-4-7-16(12(2)8-11)19(22(3,20)21)10-13-5-6-14(17)15(18)9-13/h4-9H,10H2,1-3H3. The quantitative estimate of drug-likeness (QED) is 0.803. The van der Waals surface area contributed by atoms with Crippen molar-refractivity contribution in [3.8, 4) is 0 Å². The van der Waals surface area contributed by atoms with Crippen LogP contribution >= 0.6 is 23.2 Å². The third kappa shape index (κ3) is 3.94. The van der Waals surface area contributed by atoms with Crippen molar-refractivity contribution in [3.63, 3.8) is 0 Å². The molecule has 0 radical (unpaired) electrons. The SMILES string of the molecule is Cc1ccc(N(Cc2ccc(Cl)c(Cl)c2)S(C)(=O)=O)c(C)c1. The zero-order valence-corrected chi connectivity index (χ0v) is 14.9. The van der Waals surface area contributed by atoms with Crippen molar-refractivity contribution in [3.05, 3.63) is 63.1 Å². The Balaban J connectivity index is 2.45. The lowest BCUT2D eigenvalue weighted by Crippen LogP contribution is -2.30. The first kappa shape index (κ1) is 17.1. The first-order valence-corrected chi connectivity index (χ1v) is 9.28. The van der Waals surface area contributed by atoms with Crippen molar-refractivity contribution in [2.45, 2.75) is 20.4 Å². The highest BCUT2D eigenvalue weighted by atomic mass is 35.5. The van der Waals surface area contributed by atoms with Crippen LogP contribution in [0, 0.1) is 13.8 Å². The Morgan fingerprint density at radius 1 is 1.00 bits per heavy atom. The molecular weight excluding hydrogens is 341 g/mol. The lowest BCUT2D eigenvalue weighted by atomic mass is 10.1. The molecule has 0 saturated carbocycles. The summed E-state index contributed by atoms with van der Waals surface area (Å²) < 4.78 is 25.8. The Bertz CT molecular complexity index is 804. The minimum absolute atomic E-state index is 0.208. The molecule has 0 spiro atoms. The van der Waals surface area contributed by atoms with E-state index in [1.54, 1.807) is 18.2 Å². The lowest BCUT2D eigenvalue weighted by Gasteiger charge is -2.24. The molecule has 0 aromatic heterocycles. The molecule has 3 nitrogen and oxygen atoms in total. The summed E-state index contributed by atoms with van der Waals surface area (Å²) >= 11 is 11.9. The maximum atomic E-state index is 12.2. The number of benzene rings is 2. The van der Waals surface area contributed by atoms with Crippen LogP contribution in [0.25, 0.3) is 0 Å². The molecule has 0 atom stereocenters. The van der Waals surface area contributed by atoms with E-state index >= 15 is 0 Å². The van der Waals surface area contributed by atoms with Crippen molar-refractivity contribution in [2.24, 2.45) is 0 Å². The highest BCUT2D eigenvalue weighted by Gasteiger charge is 2.20. The molecular formula is C16H17Cl2NO2S. The Labute approximate surface area is 141 Å². The molecule has 2 aromatic rings. The largest absolute Gasteiger partial charge is 0.266 e. The normalized spacial score (nSPS) is 11.5. The number of aryl methyl sites for hydroxylation is 2. The zero-order chi connectivity index (χ0) is 16.5. The number of rotatable bonds is 4. The van der Waals surface area contributed by atoms with Crippen molar-refractivity contribution < 1.29 is 8.42 Å². The zero-order valence-electron chi connectivity index (χ0n) is 12.6. The van der Waals surface area contributed by atoms with Crippen LogP contribution < -0.4 is 4.31 Å². The molecule has 0 heterocycles. The first-order chi connectivity index (χ1) is 10.2. The van der Waals surface area contributed by atoms with Gasteiger partial charge in [-0.2, -0.15) is 0 Å². The Morgan fingerprint density at radius 3 is 2.23 bits per heavy atom. The third-order valence-electron chi connectivity index (χ3n) is 3.33. The van der Waals surface area contributed by atoms with Gasteiger partial charge in [0.05, 0.1) is 28.5 Å². The molecule has 118 valence electrons. The topological polar surface area (TPSA) is 37.4 Å². The number of sulfonamides is 1. The van der Waals surface area contributed by atoms with Crippen molar-refractivity contribution in [1.29, 1.82) is 0 Å². The molecule has 0 N–H and O–H groups in total. The summed E-state index contributed by atoms with van der Waals surface area (Å²) in [6.07, 6.45) is 1.20. The van der Waals surface area contributed by atoms with E-state index < -0.39 is 10.0 Å². The van der Waals surface area contributed by atoms with Gasteiger partial charge < -0.3 is 0 Å². The fourth-order valence-corrected chi connectivity index (χ4v) is 3.54. The van der Waals surface area contributed by atoms with E-state index in [1.165, 1.54) is 10.6 Å². The Kier molecular flexibility index (Phi) is 5.05. The average Bonchev–Trinajstić information content (AvgIpc) is 2.40. The molecule has 22 heavy (non-hydrogen) atoms. The van der Waals surface area contributed by atoms with Gasteiger partial charge in [0.2, 0.25) is 10.0 Å². The van der Waals surface area contributed by atoms with E-state index in [2.05, 4.69) is 0 Å². The van der Waals surface area contributed by atoms with Gasteiger partial charge in [0, 0.05) is 0 Å². The van der Waals surface area contributed by atoms with Gasteiger partial charge >= 0.3 is 0 Å². The van der Waals surface area contributed by atoms with Gasteiger partial charge in [-0.15, -0.1) is 0 Å². The van der Waals surface area contributed by atoms with Crippen LogP contribution in [-0.4, -0.2) is 14.7 Å². The molecule has 2 aromatic carbocycles. The van der Waals surface area contributed by atoms with Gasteiger partial charge in [-0.05, 0) is 43.2 Å². The fourth-order valence-electron chi connectivity index (χ4n) is 2.27. The second-order valence-corrected chi connectivity index (χ2v) is 8.03. The van der Waals surface area contributed by atoms with E-state index in [4.69, 9.17) is 23.2 Å². The van der Waals surface area contributed by atoms with Gasteiger partial charge in [-0.1, -0.05) is 47.0 Å². The van der Waals surface area contributed by atoms with Crippen molar-refractivity contribution in [1.82, 2.24) is 0 Å². The van der Waals surface area contributed by atoms with E-state index in [9.17, 15) is 8.42 Å². The summed E-state index contributed by atoms with van der Waals surface area (Å²) in [4.78, 5) is 0. The second-order valence-electron chi connectivity index (χ2n) is 5.31. The third-order valence-corrected chi connectivity index (χ3v) is 5.20. The van der Waals surface area contributed by atoms with E-state index in [1.807, 2.05) is 32.0 Å². The van der Waals surface area contributed by atoms with Gasteiger partial charge in [0.25, 0.3) is 0 Å². The summed E-state index contributed by atoms with van der Waals surface area (Å²) in [6, 6.07) is 10.8. The monoisotopic (exact) mass is 357 g/mol. The highest BCUT2D eigenvalue weighted by Crippen LogP contribution is 2.28. The van der Waals surface area contributed by atoms with E-state index in [-0.39, 0.29) is 6.54 Å². The number of hydrogen-bond acceptors (Lipinski definition) is 2. The minimum Gasteiger partial charge on any atom is -0.266 e. The molecule has 0 saturated heterocycles. The van der Waals surface area contributed by atoms with Gasteiger partial charge in [0.1, 0.15) is 0 Å². The second kappa shape index (κ2) is 6.49. The van der Waals surface area contributed by atoms with Gasteiger partial charge in [-0.3, -0.25) is 4.31 Å². The summed E-state index contributed by atoms with van der Waals surface area (Å²) in [7, 11) is -3.42. The predicted molar refractivity (Wildman–Crippen MR) is 93.4 cm³/mol. The molecule has 0 amide bonds. The predicted octanol–water partition coefficient (Wildman–Crippen LogP) is 4.58. The maximum Gasteiger partial charge on any atom is 0.232 e. The maximum absolute atomic E-state index is 12.2. The number of halogens is 2. The molecule has 0 aliphatic heterocycles. The van der Waals surface area contributed by atoms with Crippen LogP contribution in [0.5, 0.6) is 0 Å². The molecule has 0 bridgehead atoms. The molecule has 2 rings (SSSR count). The molecule has 0 fully saturated rings. The van der Waals surface area contributed by atoms with Crippen molar-refractivity contribution >= 4 is 38.9 Å². The lowest BCUT2D eigenvalue weighted by molar-refractivity contribution is 0.596. The average molecular weight is 358 g/mol. The van der Waals surface area contributed by atoms with Crippen LogP contribution in [-0.2, 0) is 16.6 Å². The Morgan fingerprint density at radius 2 is 1.68 bits per heavy atom. The van der Waals surface area contributed by atoms with Crippen LogP contribution in [0.2, 0.25) is 10.0 Å². The summed E-state index contributed by atoms with van der Waals surface area (Å²) in [5, 5.41) is 0.857. The van der Waals surface area contributed by atoms with Gasteiger partial charge in [0.15, 0.2) is 0 Å². The number of nitrogens with zero attached hydrogens (tertiary/aromatic N) is 1. The van der Waals surface area contributed by atoms with E-state index in [0.29, 0.717) is 15.7 Å².